The molecule has 0 aromatic heterocycles. The minimum absolute atomic E-state index is 0.0605. The van der Waals surface area contributed by atoms with Crippen molar-refractivity contribution >= 4 is 5.69 Å². The molecule has 0 amide bonds. The van der Waals surface area contributed by atoms with Crippen LogP contribution in [0.1, 0.15) is 56.1 Å². The number of nitrogens with zero attached hydrogens (tertiary/aromatic N) is 3. The van der Waals surface area contributed by atoms with Crippen LogP contribution in [-0.2, 0) is 11.3 Å². The smallest absolute Gasteiger partial charge is 0.141 e. The van der Waals surface area contributed by atoms with Gasteiger partial charge in [0.1, 0.15) is 11.9 Å². The fourth-order valence-electron chi connectivity index (χ4n) is 6.87. The zero-order valence-electron chi connectivity index (χ0n) is 19.7. The van der Waals surface area contributed by atoms with Crippen molar-refractivity contribution in [2.45, 2.75) is 75.2 Å². The summed E-state index contributed by atoms with van der Waals surface area (Å²) in [6.45, 7) is 3.64. The topological polar surface area (TPSA) is 65.5 Å². The van der Waals surface area contributed by atoms with E-state index >= 15 is 0 Å². The van der Waals surface area contributed by atoms with Gasteiger partial charge in [0.25, 0.3) is 0 Å². The van der Waals surface area contributed by atoms with Gasteiger partial charge in [0, 0.05) is 55.6 Å². The van der Waals surface area contributed by atoms with Crippen LogP contribution < -0.4 is 10.6 Å². The zero-order valence-corrected chi connectivity index (χ0v) is 19.7. The van der Waals surface area contributed by atoms with Gasteiger partial charge in [0.05, 0.1) is 11.2 Å². The molecular formula is C28H33FN4O. The first kappa shape index (κ1) is 22.0. The average molecular weight is 461 g/mol. The Morgan fingerprint density at radius 2 is 1.97 bits per heavy atom. The number of anilines is 1. The van der Waals surface area contributed by atoms with E-state index in [2.05, 4.69) is 28.0 Å². The minimum Gasteiger partial charge on any atom is -0.375 e. The fourth-order valence-corrected chi connectivity index (χ4v) is 6.87. The average Bonchev–Trinajstić information content (AvgIpc) is 3.54. The van der Waals surface area contributed by atoms with Crippen LogP contribution in [0.15, 0.2) is 36.4 Å². The van der Waals surface area contributed by atoms with E-state index in [0.29, 0.717) is 12.1 Å². The molecule has 2 bridgehead atoms. The Balaban J connectivity index is 1.32. The Kier molecular flexibility index (Phi) is 5.60. The second-order valence-electron chi connectivity index (χ2n) is 10.7. The largest absolute Gasteiger partial charge is 0.375 e. The Morgan fingerprint density at radius 3 is 2.62 bits per heavy atom. The minimum atomic E-state index is -0.461. The molecule has 4 aliphatic heterocycles. The maximum Gasteiger partial charge on any atom is 0.141 e. The zero-order chi connectivity index (χ0) is 23.3. The summed E-state index contributed by atoms with van der Waals surface area (Å²) in [5, 5.41) is 9.19. The highest BCUT2D eigenvalue weighted by atomic mass is 19.1. The lowest BCUT2D eigenvalue weighted by Crippen LogP contribution is -2.44. The summed E-state index contributed by atoms with van der Waals surface area (Å²) >= 11 is 0. The van der Waals surface area contributed by atoms with Crippen molar-refractivity contribution < 1.29 is 9.13 Å². The summed E-state index contributed by atoms with van der Waals surface area (Å²) in [7, 11) is 0. The van der Waals surface area contributed by atoms with Gasteiger partial charge in [-0.2, -0.15) is 5.26 Å². The summed E-state index contributed by atoms with van der Waals surface area (Å²) in [5.41, 5.74) is 10.8. The summed E-state index contributed by atoms with van der Waals surface area (Å²) < 4.78 is 20.7. The van der Waals surface area contributed by atoms with Crippen molar-refractivity contribution in [1.82, 2.24) is 4.90 Å². The van der Waals surface area contributed by atoms with Crippen molar-refractivity contribution in [3.05, 3.63) is 53.3 Å². The van der Waals surface area contributed by atoms with E-state index < -0.39 is 5.82 Å². The molecule has 4 saturated heterocycles. The van der Waals surface area contributed by atoms with Crippen molar-refractivity contribution in [3.63, 3.8) is 0 Å². The molecule has 0 aliphatic carbocycles. The van der Waals surface area contributed by atoms with Gasteiger partial charge < -0.3 is 15.4 Å². The lowest BCUT2D eigenvalue weighted by Gasteiger charge is -2.40. The van der Waals surface area contributed by atoms with Gasteiger partial charge >= 0.3 is 0 Å². The number of halogens is 1. The monoisotopic (exact) mass is 460 g/mol. The lowest BCUT2D eigenvalue weighted by atomic mass is 9.88. The van der Waals surface area contributed by atoms with Crippen molar-refractivity contribution in [1.29, 1.82) is 5.26 Å². The number of ether oxygens (including phenoxy) is 1. The molecule has 34 heavy (non-hydrogen) atoms. The molecular weight excluding hydrogens is 427 g/mol. The van der Waals surface area contributed by atoms with E-state index in [4.69, 9.17) is 10.5 Å². The van der Waals surface area contributed by atoms with Gasteiger partial charge in [0.15, 0.2) is 0 Å². The highest BCUT2D eigenvalue weighted by Gasteiger charge is 2.44. The van der Waals surface area contributed by atoms with Crippen LogP contribution in [0.25, 0.3) is 11.1 Å². The van der Waals surface area contributed by atoms with Crippen LogP contribution in [0.2, 0.25) is 0 Å². The molecule has 2 N–H and O–H groups in total. The normalized spacial score (nSPS) is 28.0. The summed E-state index contributed by atoms with van der Waals surface area (Å²) in [4.78, 5) is 5.00. The Bertz CT molecular complexity index is 1110. The van der Waals surface area contributed by atoms with Crippen LogP contribution in [0.3, 0.4) is 0 Å². The highest BCUT2D eigenvalue weighted by Crippen LogP contribution is 2.41. The molecule has 6 heteroatoms. The molecule has 2 aromatic carbocycles. The molecule has 0 unspecified atom stereocenters. The summed E-state index contributed by atoms with van der Waals surface area (Å²) in [5.74, 6) is -0.461. The number of hydrogen-bond donors (Lipinski definition) is 1. The molecule has 5 nitrogen and oxygen atoms in total. The molecule has 6 rings (SSSR count). The predicted molar refractivity (Wildman–Crippen MR) is 131 cm³/mol. The lowest BCUT2D eigenvalue weighted by molar-refractivity contribution is -0.0146. The molecule has 2 aromatic rings. The number of piperidine rings is 1. The first-order valence-electron chi connectivity index (χ1n) is 12.8. The molecule has 4 heterocycles. The molecule has 4 fully saturated rings. The van der Waals surface area contributed by atoms with Crippen molar-refractivity contribution in [3.8, 4) is 17.2 Å². The number of rotatable bonds is 4. The van der Waals surface area contributed by atoms with Crippen molar-refractivity contribution in [2.75, 3.05) is 24.6 Å². The molecule has 0 radical (unpaired) electrons. The third kappa shape index (κ3) is 3.80. The number of nitriles is 1. The van der Waals surface area contributed by atoms with E-state index in [1.807, 2.05) is 12.1 Å². The molecule has 1 spiro atoms. The van der Waals surface area contributed by atoms with E-state index in [-0.39, 0.29) is 17.2 Å². The summed E-state index contributed by atoms with van der Waals surface area (Å²) in [6.07, 6.45) is 7.90. The Morgan fingerprint density at radius 1 is 1.12 bits per heavy atom. The van der Waals surface area contributed by atoms with E-state index in [1.54, 1.807) is 6.07 Å². The molecule has 0 saturated carbocycles. The summed E-state index contributed by atoms with van der Waals surface area (Å²) in [6, 6.07) is 15.0. The van der Waals surface area contributed by atoms with Gasteiger partial charge in [-0.15, -0.1) is 0 Å². The van der Waals surface area contributed by atoms with Gasteiger partial charge in [0.2, 0.25) is 0 Å². The SMILES string of the molecule is N#Cc1ccc(-c2cc(CN3[C@@H]4CC[C@H]3[C@@H](N)C4)ccc2N2CCC3(CCCO3)CC2)cc1F. The van der Waals surface area contributed by atoms with E-state index in [0.717, 1.165) is 75.2 Å². The predicted octanol–water partition coefficient (Wildman–Crippen LogP) is 4.58. The van der Waals surface area contributed by atoms with Crippen LogP contribution >= 0.6 is 0 Å². The second kappa shape index (κ2) is 8.64. The van der Waals surface area contributed by atoms with Crippen LogP contribution in [0, 0.1) is 17.1 Å². The van der Waals surface area contributed by atoms with Crippen molar-refractivity contribution in [2.24, 2.45) is 5.73 Å². The quantitative estimate of drug-likeness (QED) is 0.724. The third-order valence-corrected chi connectivity index (χ3v) is 8.76. The fraction of sp³-hybridized carbons (Fsp3) is 0.536. The standard InChI is InChI=1S/C28H33FN4O/c29-24-15-20(3-4-21(24)17-30)23-14-19(18-33-22-5-7-27(33)25(31)16-22)2-6-26(23)32-11-9-28(10-12-32)8-1-13-34-28/h2-4,6,14-15,22,25,27H,1,5,7-13,16,18,31H2/t22-,25+,27+/m1/s1. The molecule has 3 atom stereocenters. The van der Waals surface area contributed by atoms with E-state index in [1.165, 1.54) is 24.5 Å². The third-order valence-electron chi connectivity index (χ3n) is 8.76. The van der Waals surface area contributed by atoms with E-state index in [9.17, 15) is 9.65 Å². The maximum atomic E-state index is 14.6. The Hall–Kier alpha value is -2.46. The van der Waals surface area contributed by atoms with Gasteiger partial charge in [-0.25, -0.2) is 4.39 Å². The number of nitrogens with two attached hydrogens (primary N) is 1. The second-order valence-corrected chi connectivity index (χ2v) is 10.7. The number of hydrogen-bond acceptors (Lipinski definition) is 5. The van der Waals surface area contributed by atoms with Gasteiger partial charge in [-0.3, -0.25) is 4.90 Å². The van der Waals surface area contributed by atoms with Crippen LogP contribution in [0.5, 0.6) is 0 Å². The van der Waals surface area contributed by atoms with Gasteiger partial charge in [-0.05, 0) is 80.3 Å². The number of fused-ring (bicyclic) bond motifs is 2. The van der Waals surface area contributed by atoms with Gasteiger partial charge in [-0.1, -0.05) is 12.1 Å². The highest BCUT2D eigenvalue weighted by molar-refractivity contribution is 5.80. The van der Waals surface area contributed by atoms with Crippen LogP contribution in [0.4, 0.5) is 10.1 Å². The van der Waals surface area contributed by atoms with Crippen LogP contribution in [-0.4, -0.2) is 48.3 Å². The first-order valence-corrected chi connectivity index (χ1v) is 12.8. The number of benzene rings is 2. The molecule has 4 aliphatic rings. The molecule has 178 valence electrons. The first-order chi connectivity index (χ1) is 16.5. The maximum absolute atomic E-state index is 14.6. The Labute approximate surface area is 201 Å².